The van der Waals surface area contributed by atoms with Gasteiger partial charge < -0.3 is 4.74 Å². The highest BCUT2D eigenvalue weighted by molar-refractivity contribution is 8.01. The molecule has 0 atom stereocenters. The molecular formula is C19H14N4O2S2. The van der Waals surface area contributed by atoms with Crippen LogP contribution in [-0.2, 0) is 4.79 Å². The Kier molecular flexibility index (Phi) is 5.27. The number of hydrogen-bond acceptors (Lipinski definition) is 7. The second-order valence-corrected chi connectivity index (χ2v) is 7.72. The lowest BCUT2D eigenvalue weighted by molar-refractivity contribution is -0.118. The molecule has 2 aromatic heterocycles. The first-order valence-electron chi connectivity index (χ1n) is 8.11. The molecule has 0 radical (unpaired) electrons. The second kappa shape index (κ2) is 8.15. The van der Waals surface area contributed by atoms with Crippen molar-refractivity contribution in [3.05, 3.63) is 66.9 Å². The Balaban J connectivity index is 1.39. The van der Waals surface area contributed by atoms with Crippen LogP contribution in [0.2, 0.25) is 0 Å². The number of aromatic nitrogens is 3. The van der Waals surface area contributed by atoms with Crippen LogP contribution >= 0.6 is 23.1 Å². The third-order valence-electron chi connectivity index (χ3n) is 3.57. The van der Waals surface area contributed by atoms with Crippen molar-refractivity contribution in [3.8, 4) is 5.75 Å². The monoisotopic (exact) mass is 394 g/mol. The maximum atomic E-state index is 12.0. The molecule has 1 amide bonds. The minimum Gasteiger partial charge on any atom is -0.484 e. The van der Waals surface area contributed by atoms with Crippen molar-refractivity contribution >= 4 is 45.0 Å². The lowest BCUT2D eigenvalue weighted by Gasteiger charge is -2.04. The number of carbonyl (C=O) groups excluding carboxylic acids is 1. The summed E-state index contributed by atoms with van der Waals surface area (Å²) < 4.78 is 6.16. The summed E-state index contributed by atoms with van der Waals surface area (Å²) in [5.74, 6) is 0.367. The van der Waals surface area contributed by atoms with Crippen LogP contribution in [0.4, 0.5) is 5.13 Å². The number of nitrogens with zero attached hydrogens (tertiary/aromatic N) is 3. The fourth-order valence-corrected chi connectivity index (χ4v) is 4.22. The van der Waals surface area contributed by atoms with E-state index in [1.165, 1.54) is 23.1 Å². The van der Waals surface area contributed by atoms with Gasteiger partial charge in [-0.05, 0) is 24.3 Å². The number of rotatable bonds is 6. The van der Waals surface area contributed by atoms with Crippen LogP contribution in [0.1, 0.15) is 0 Å². The zero-order chi connectivity index (χ0) is 18.5. The zero-order valence-corrected chi connectivity index (χ0v) is 15.7. The van der Waals surface area contributed by atoms with Gasteiger partial charge in [-0.2, -0.15) is 0 Å². The van der Waals surface area contributed by atoms with Crippen molar-refractivity contribution in [2.45, 2.75) is 9.24 Å². The highest BCUT2D eigenvalue weighted by Crippen LogP contribution is 2.35. The summed E-state index contributed by atoms with van der Waals surface area (Å²) in [6.07, 6.45) is 1.77. The Morgan fingerprint density at radius 3 is 2.74 bits per heavy atom. The third-order valence-corrected chi connectivity index (χ3v) is 5.54. The van der Waals surface area contributed by atoms with Gasteiger partial charge in [-0.3, -0.25) is 15.1 Å². The van der Waals surface area contributed by atoms with Crippen LogP contribution < -0.4 is 10.1 Å². The van der Waals surface area contributed by atoms with E-state index in [4.69, 9.17) is 4.74 Å². The number of anilines is 1. The largest absolute Gasteiger partial charge is 0.484 e. The Hall–Kier alpha value is -2.97. The van der Waals surface area contributed by atoms with Crippen LogP contribution in [0.5, 0.6) is 5.75 Å². The van der Waals surface area contributed by atoms with Gasteiger partial charge in [0.1, 0.15) is 5.75 Å². The minimum atomic E-state index is -0.277. The molecule has 4 rings (SSSR count). The number of carbonyl (C=O) groups is 1. The number of hydrogen-bond donors (Lipinski definition) is 1. The summed E-state index contributed by atoms with van der Waals surface area (Å²) in [5.41, 5.74) is 0.929. The molecule has 0 saturated heterocycles. The van der Waals surface area contributed by atoms with Gasteiger partial charge in [0.25, 0.3) is 5.91 Å². The van der Waals surface area contributed by atoms with Crippen LogP contribution in [0.3, 0.4) is 0 Å². The second-order valence-electron chi connectivity index (χ2n) is 5.45. The lowest BCUT2D eigenvalue weighted by atomic mass is 10.2. The van der Waals surface area contributed by atoms with Crippen molar-refractivity contribution < 1.29 is 9.53 Å². The fourth-order valence-electron chi connectivity index (χ4n) is 2.38. The minimum absolute atomic E-state index is 0.0823. The SMILES string of the molecule is O=C(COc1ccccc1)Nc1nnc(Sc2ccnc3ccccc23)s1. The molecule has 2 heterocycles. The fraction of sp³-hybridized carbons (Fsp3) is 0.0526. The highest BCUT2D eigenvalue weighted by Gasteiger charge is 2.11. The van der Waals surface area contributed by atoms with Crippen LogP contribution in [0.15, 0.2) is 76.1 Å². The molecule has 0 saturated carbocycles. The third kappa shape index (κ3) is 4.42. The first kappa shape index (κ1) is 17.4. The Bertz CT molecular complexity index is 1060. The van der Waals surface area contributed by atoms with E-state index < -0.39 is 0 Å². The smallest absolute Gasteiger partial charge is 0.264 e. The molecule has 0 spiro atoms. The van der Waals surface area contributed by atoms with E-state index in [2.05, 4.69) is 20.5 Å². The Morgan fingerprint density at radius 2 is 1.85 bits per heavy atom. The maximum Gasteiger partial charge on any atom is 0.264 e. The van der Waals surface area contributed by atoms with E-state index in [1.54, 1.807) is 18.3 Å². The first-order chi connectivity index (χ1) is 13.3. The van der Waals surface area contributed by atoms with E-state index in [0.29, 0.717) is 10.9 Å². The average molecular weight is 394 g/mol. The summed E-state index contributed by atoms with van der Waals surface area (Å²) in [5, 5.41) is 12.4. The first-order valence-corrected chi connectivity index (χ1v) is 9.74. The predicted molar refractivity (Wildman–Crippen MR) is 106 cm³/mol. The van der Waals surface area contributed by atoms with Crippen molar-refractivity contribution in [2.75, 3.05) is 11.9 Å². The van der Waals surface area contributed by atoms with Gasteiger partial charge in [-0.15, -0.1) is 10.2 Å². The molecule has 134 valence electrons. The molecule has 6 nitrogen and oxygen atoms in total. The van der Waals surface area contributed by atoms with E-state index in [1.807, 2.05) is 48.5 Å². The van der Waals surface area contributed by atoms with Crippen molar-refractivity contribution in [2.24, 2.45) is 0 Å². The number of nitrogens with one attached hydrogen (secondary N) is 1. The number of pyridine rings is 1. The Labute approximate surface area is 163 Å². The molecule has 0 bridgehead atoms. The van der Waals surface area contributed by atoms with Gasteiger partial charge in [0.05, 0.1) is 5.52 Å². The van der Waals surface area contributed by atoms with Gasteiger partial charge in [-0.1, -0.05) is 59.5 Å². The zero-order valence-electron chi connectivity index (χ0n) is 14.0. The maximum absolute atomic E-state index is 12.0. The predicted octanol–water partition coefficient (Wildman–Crippen LogP) is 4.26. The van der Waals surface area contributed by atoms with Crippen LogP contribution in [0.25, 0.3) is 10.9 Å². The summed E-state index contributed by atoms with van der Waals surface area (Å²) >= 11 is 2.82. The molecule has 0 fully saturated rings. The molecule has 0 aliphatic heterocycles. The molecule has 0 unspecified atom stereocenters. The molecule has 0 aliphatic rings. The number of para-hydroxylation sites is 2. The Morgan fingerprint density at radius 1 is 1.04 bits per heavy atom. The highest BCUT2D eigenvalue weighted by atomic mass is 32.2. The molecule has 27 heavy (non-hydrogen) atoms. The van der Waals surface area contributed by atoms with E-state index in [-0.39, 0.29) is 12.5 Å². The topological polar surface area (TPSA) is 77.0 Å². The molecule has 8 heteroatoms. The normalized spacial score (nSPS) is 10.7. The number of amides is 1. The molecule has 2 aromatic carbocycles. The molecule has 4 aromatic rings. The van der Waals surface area contributed by atoms with E-state index in [0.717, 1.165) is 20.1 Å². The van der Waals surface area contributed by atoms with Gasteiger partial charge in [-0.25, -0.2) is 0 Å². The summed E-state index contributed by atoms with van der Waals surface area (Å²) in [4.78, 5) is 17.4. The van der Waals surface area contributed by atoms with Crippen molar-refractivity contribution in [1.82, 2.24) is 15.2 Å². The van der Waals surface area contributed by atoms with Crippen molar-refractivity contribution in [1.29, 1.82) is 0 Å². The van der Waals surface area contributed by atoms with E-state index in [9.17, 15) is 4.79 Å². The van der Waals surface area contributed by atoms with Crippen molar-refractivity contribution in [3.63, 3.8) is 0 Å². The van der Waals surface area contributed by atoms with Crippen LogP contribution in [0, 0.1) is 0 Å². The lowest BCUT2D eigenvalue weighted by Crippen LogP contribution is -2.20. The molecular weight excluding hydrogens is 380 g/mol. The molecule has 0 aliphatic carbocycles. The van der Waals surface area contributed by atoms with Crippen LogP contribution in [-0.4, -0.2) is 27.7 Å². The quantitative estimate of drug-likeness (QED) is 0.493. The standard InChI is InChI=1S/C19H14N4O2S2/c24-17(12-25-13-6-2-1-3-7-13)21-18-22-23-19(27-18)26-16-10-11-20-15-9-5-4-8-14(15)16/h1-11H,12H2,(H,21,22,24). The number of fused-ring (bicyclic) bond motifs is 1. The number of ether oxygens (including phenoxy) is 1. The van der Waals surface area contributed by atoms with Gasteiger partial charge in [0, 0.05) is 16.5 Å². The molecule has 1 N–H and O–H groups in total. The van der Waals surface area contributed by atoms with Gasteiger partial charge in [0.2, 0.25) is 5.13 Å². The summed E-state index contributed by atoms with van der Waals surface area (Å²) in [6, 6.07) is 19.1. The van der Waals surface area contributed by atoms with E-state index >= 15 is 0 Å². The number of benzene rings is 2. The van der Waals surface area contributed by atoms with Gasteiger partial charge >= 0.3 is 0 Å². The summed E-state index contributed by atoms with van der Waals surface area (Å²) in [7, 11) is 0. The average Bonchev–Trinajstić information content (AvgIpc) is 3.14. The van der Waals surface area contributed by atoms with Gasteiger partial charge in [0.15, 0.2) is 10.9 Å². The summed E-state index contributed by atoms with van der Waals surface area (Å²) in [6.45, 7) is -0.0823.